The molecule has 0 saturated heterocycles. The Morgan fingerprint density at radius 1 is 1.00 bits per heavy atom. The number of benzene rings is 2. The molecule has 1 unspecified atom stereocenters. The van der Waals surface area contributed by atoms with Crippen LogP contribution in [0.1, 0.15) is 11.1 Å². The minimum Gasteiger partial charge on any atom is -0.378 e. The van der Waals surface area contributed by atoms with Crippen molar-refractivity contribution in [3.05, 3.63) is 71.0 Å². The lowest BCUT2D eigenvalue weighted by Crippen LogP contribution is -2.31. The van der Waals surface area contributed by atoms with Crippen molar-refractivity contribution in [3.63, 3.8) is 0 Å². The second kappa shape index (κ2) is 8.76. The van der Waals surface area contributed by atoms with Crippen molar-refractivity contribution in [2.24, 2.45) is 0 Å². The Labute approximate surface area is 201 Å². The number of hydrogen-bond acceptors (Lipinski definition) is 4. The maximum atomic E-state index is 13.1. The topological polar surface area (TPSA) is 79.4 Å². The molecule has 0 bridgehead atoms. The van der Waals surface area contributed by atoms with Crippen LogP contribution >= 0.6 is 11.6 Å². The van der Waals surface area contributed by atoms with E-state index in [-0.39, 0.29) is 6.10 Å². The SMILES string of the molecule is COC(CN(C)C)Cn1cc(C2=C(c3c[nH]c4ccccc34)C(=O)NC2=O)c2cccc(Cl)c21. The van der Waals surface area contributed by atoms with Crippen molar-refractivity contribution < 1.29 is 14.3 Å². The number of likely N-dealkylation sites (N-methyl/N-ethyl adjacent to an activating group) is 1. The number of rotatable bonds is 7. The Balaban J connectivity index is 1.73. The van der Waals surface area contributed by atoms with Gasteiger partial charge >= 0.3 is 0 Å². The molecule has 2 aromatic carbocycles. The van der Waals surface area contributed by atoms with E-state index in [0.29, 0.717) is 33.8 Å². The van der Waals surface area contributed by atoms with E-state index in [1.807, 2.05) is 67.3 Å². The van der Waals surface area contributed by atoms with Gasteiger partial charge in [-0.3, -0.25) is 14.9 Å². The predicted octanol–water partition coefficient (Wildman–Crippen LogP) is 3.92. The number of imide groups is 1. The van der Waals surface area contributed by atoms with Gasteiger partial charge in [-0.1, -0.05) is 41.9 Å². The second-order valence-electron chi connectivity index (χ2n) is 8.73. The standard InChI is InChI=1S/C26H25ClN4O3/c1-30(2)12-15(34-3)13-31-14-19(17-8-6-9-20(27)24(17)31)23-22(25(32)29-26(23)33)18-11-28-21-10-5-4-7-16(18)21/h4-11,14-15,28H,12-13H2,1-3H3,(H,29,32,33). The maximum absolute atomic E-state index is 13.1. The van der Waals surface area contributed by atoms with Crippen LogP contribution in [-0.2, 0) is 20.9 Å². The number of carbonyl (C=O) groups excluding carboxylic acids is 2. The first-order chi connectivity index (χ1) is 16.4. The van der Waals surface area contributed by atoms with Crippen LogP contribution in [0.3, 0.4) is 0 Å². The minimum atomic E-state index is -0.416. The first kappa shape index (κ1) is 22.4. The number of halogens is 1. The van der Waals surface area contributed by atoms with Crippen LogP contribution < -0.4 is 5.32 Å². The van der Waals surface area contributed by atoms with E-state index >= 15 is 0 Å². The number of ether oxygens (including phenoxy) is 1. The van der Waals surface area contributed by atoms with Gasteiger partial charge in [-0.05, 0) is 26.2 Å². The Morgan fingerprint density at radius 2 is 1.71 bits per heavy atom. The zero-order valence-electron chi connectivity index (χ0n) is 19.2. The molecule has 0 fully saturated rings. The fourth-order valence-electron chi connectivity index (χ4n) is 4.74. The van der Waals surface area contributed by atoms with Gasteiger partial charge in [-0.15, -0.1) is 0 Å². The van der Waals surface area contributed by atoms with Crippen molar-refractivity contribution in [1.29, 1.82) is 0 Å². The highest BCUT2D eigenvalue weighted by Crippen LogP contribution is 2.39. The van der Waals surface area contributed by atoms with E-state index in [0.717, 1.165) is 28.4 Å². The second-order valence-corrected chi connectivity index (χ2v) is 9.14. The van der Waals surface area contributed by atoms with E-state index in [2.05, 4.69) is 15.2 Å². The molecule has 2 aromatic heterocycles. The van der Waals surface area contributed by atoms with E-state index in [1.54, 1.807) is 13.3 Å². The Hall–Kier alpha value is -3.39. The lowest BCUT2D eigenvalue weighted by atomic mass is 9.95. The monoisotopic (exact) mass is 476 g/mol. The van der Waals surface area contributed by atoms with Gasteiger partial charge in [0.05, 0.1) is 34.3 Å². The first-order valence-electron chi connectivity index (χ1n) is 11.0. The van der Waals surface area contributed by atoms with Crippen LogP contribution in [0.25, 0.3) is 33.0 Å². The molecule has 4 aromatic rings. The number of para-hydroxylation sites is 2. The van der Waals surface area contributed by atoms with Gasteiger partial charge in [0.1, 0.15) is 0 Å². The van der Waals surface area contributed by atoms with Crippen molar-refractivity contribution in [2.75, 3.05) is 27.7 Å². The molecule has 0 aliphatic carbocycles. The lowest BCUT2D eigenvalue weighted by molar-refractivity contribution is -0.122. The Kier molecular flexibility index (Phi) is 5.77. The fraction of sp³-hybridized carbons (Fsp3) is 0.231. The molecule has 3 heterocycles. The van der Waals surface area contributed by atoms with Crippen LogP contribution in [0.15, 0.2) is 54.9 Å². The zero-order valence-corrected chi connectivity index (χ0v) is 19.9. The van der Waals surface area contributed by atoms with Gasteiger partial charge in [0.15, 0.2) is 0 Å². The third-order valence-electron chi connectivity index (χ3n) is 6.21. The molecular weight excluding hydrogens is 452 g/mol. The van der Waals surface area contributed by atoms with Crippen LogP contribution in [0, 0.1) is 0 Å². The smallest absolute Gasteiger partial charge is 0.259 e. The minimum absolute atomic E-state index is 0.0872. The van der Waals surface area contributed by atoms with E-state index in [4.69, 9.17) is 16.3 Å². The zero-order chi connectivity index (χ0) is 24.0. The number of carbonyl (C=O) groups is 2. The average molecular weight is 477 g/mol. The molecule has 34 heavy (non-hydrogen) atoms. The maximum Gasteiger partial charge on any atom is 0.259 e. The van der Waals surface area contributed by atoms with Gasteiger partial charge in [0.25, 0.3) is 11.8 Å². The third kappa shape index (κ3) is 3.72. The van der Waals surface area contributed by atoms with Gasteiger partial charge in [0, 0.05) is 53.5 Å². The Morgan fingerprint density at radius 3 is 2.44 bits per heavy atom. The molecule has 5 rings (SSSR count). The summed E-state index contributed by atoms with van der Waals surface area (Å²) in [6.45, 7) is 1.26. The normalized spacial score (nSPS) is 15.2. The van der Waals surface area contributed by atoms with Crippen molar-refractivity contribution in [2.45, 2.75) is 12.6 Å². The average Bonchev–Trinajstić information content (AvgIpc) is 3.46. The van der Waals surface area contributed by atoms with Crippen LogP contribution in [0.4, 0.5) is 0 Å². The summed E-state index contributed by atoms with van der Waals surface area (Å²) in [5.74, 6) is -0.823. The number of methoxy groups -OCH3 is 1. The molecule has 8 heteroatoms. The van der Waals surface area contributed by atoms with Crippen molar-refractivity contribution >= 4 is 56.4 Å². The third-order valence-corrected chi connectivity index (χ3v) is 6.52. The highest BCUT2D eigenvalue weighted by molar-refractivity contribution is 6.51. The summed E-state index contributed by atoms with van der Waals surface area (Å²) < 4.78 is 7.71. The molecule has 0 saturated carbocycles. The summed E-state index contributed by atoms with van der Waals surface area (Å²) >= 11 is 6.63. The molecule has 0 spiro atoms. The lowest BCUT2D eigenvalue weighted by Gasteiger charge is -2.21. The summed E-state index contributed by atoms with van der Waals surface area (Å²) in [7, 11) is 5.67. The molecular formula is C26H25ClN4O3. The molecule has 1 aliphatic rings. The van der Waals surface area contributed by atoms with Crippen molar-refractivity contribution in [3.8, 4) is 0 Å². The molecule has 1 atom stereocenters. The van der Waals surface area contributed by atoms with Gasteiger partial charge in [-0.2, -0.15) is 0 Å². The summed E-state index contributed by atoms with van der Waals surface area (Å²) in [5.41, 5.74) is 3.77. The highest BCUT2D eigenvalue weighted by Gasteiger charge is 2.35. The number of nitrogens with zero attached hydrogens (tertiary/aromatic N) is 2. The number of nitrogens with one attached hydrogen (secondary N) is 2. The summed E-state index contributed by atoms with van der Waals surface area (Å²) in [6, 6.07) is 13.3. The molecule has 174 valence electrons. The first-order valence-corrected chi connectivity index (χ1v) is 11.4. The largest absolute Gasteiger partial charge is 0.378 e. The van der Waals surface area contributed by atoms with Crippen LogP contribution in [0.2, 0.25) is 5.02 Å². The molecule has 2 amide bonds. The number of aromatic nitrogens is 2. The number of aromatic amines is 1. The van der Waals surface area contributed by atoms with Crippen molar-refractivity contribution in [1.82, 2.24) is 19.8 Å². The summed E-state index contributed by atoms with van der Waals surface area (Å²) in [4.78, 5) is 31.4. The van der Waals surface area contributed by atoms with E-state index < -0.39 is 11.8 Å². The molecule has 0 radical (unpaired) electrons. The van der Waals surface area contributed by atoms with Gasteiger partial charge in [-0.25, -0.2) is 0 Å². The van der Waals surface area contributed by atoms with E-state index in [1.165, 1.54) is 0 Å². The number of amides is 2. The molecule has 1 aliphatic heterocycles. The number of hydrogen-bond donors (Lipinski definition) is 2. The fourth-order valence-corrected chi connectivity index (χ4v) is 5.02. The highest BCUT2D eigenvalue weighted by atomic mass is 35.5. The van der Waals surface area contributed by atoms with Gasteiger partial charge in [0.2, 0.25) is 0 Å². The summed E-state index contributed by atoms with van der Waals surface area (Å²) in [5, 5.41) is 4.76. The molecule has 7 nitrogen and oxygen atoms in total. The van der Waals surface area contributed by atoms with Crippen LogP contribution in [-0.4, -0.2) is 60.1 Å². The Bertz CT molecular complexity index is 1460. The molecule has 2 N–H and O–H groups in total. The quantitative estimate of drug-likeness (QED) is 0.396. The van der Waals surface area contributed by atoms with Gasteiger partial charge < -0.3 is 19.2 Å². The van der Waals surface area contributed by atoms with E-state index in [9.17, 15) is 9.59 Å². The van der Waals surface area contributed by atoms with Crippen LogP contribution in [0.5, 0.6) is 0 Å². The summed E-state index contributed by atoms with van der Waals surface area (Å²) in [6.07, 6.45) is 3.60. The predicted molar refractivity (Wildman–Crippen MR) is 135 cm³/mol. The number of fused-ring (bicyclic) bond motifs is 2. The number of H-pyrrole nitrogens is 1.